The summed E-state index contributed by atoms with van der Waals surface area (Å²) < 4.78 is 11.4. The lowest BCUT2D eigenvalue weighted by molar-refractivity contribution is -0.119. The molecule has 2 rings (SSSR count). The first kappa shape index (κ1) is 19.7. The Morgan fingerprint density at radius 2 is 2.09 bits per heavy atom. The summed E-state index contributed by atoms with van der Waals surface area (Å²) in [6, 6.07) is 5.79. The average Bonchev–Trinajstić information content (AvgIpc) is 2.51. The molecule has 5 nitrogen and oxygen atoms in total. The Labute approximate surface area is 144 Å². The van der Waals surface area contributed by atoms with E-state index in [1.54, 1.807) is 0 Å². The van der Waals surface area contributed by atoms with Gasteiger partial charge in [0.15, 0.2) is 0 Å². The van der Waals surface area contributed by atoms with Crippen LogP contribution in [-0.2, 0) is 9.53 Å². The Morgan fingerprint density at radius 3 is 2.70 bits per heavy atom. The number of anilines is 1. The van der Waals surface area contributed by atoms with Crippen LogP contribution in [0.3, 0.4) is 0 Å². The van der Waals surface area contributed by atoms with Gasteiger partial charge < -0.3 is 20.1 Å². The van der Waals surface area contributed by atoms with Crippen LogP contribution in [0.1, 0.15) is 25.3 Å². The highest BCUT2D eigenvalue weighted by molar-refractivity contribution is 5.92. The van der Waals surface area contributed by atoms with Gasteiger partial charge in [-0.2, -0.15) is 0 Å². The maximum absolute atomic E-state index is 12.0. The molecule has 2 N–H and O–H groups in total. The quantitative estimate of drug-likeness (QED) is 0.834. The summed E-state index contributed by atoms with van der Waals surface area (Å²) in [5, 5.41) is 5.95. The van der Waals surface area contributed by atoms with Gasteiger partial charge in [-0.25, -0.2) is 0 Å². The molecule has 1 heterocycles. The fourth-order valence-electron chi connectivity index (χ4n) is 2.50. The monoisotopic (exact) mass is 342 g/mol. The third-order valence-corrected chi connectivity index (χ3v) is 3.86. The molecule has 1 aliphatic heterocycles. The Kier molecular flexibility index (Phi) is 8.37. The van der Waals surface area contributed by atoms with Crippen LogP contribution in [0, 0.1) is 12.8 Å². The summed E-state index contributed by atoms with van der Waals surface area (Å²) in [6.45, 7) is 6.10. The summed E-state index contributed by atoms with van der Waals surface area (Å²) in [4.78, 5) is 12.0. The van der Waals surface area contributed by atoms with Crippen LogP contribution in [0.15, 0.2) is 18.2 Å². The predicted octanol–water partition coefficient (Wildman–Crippen LogP) is 2.77. The molecule has 0 bridgehead atoms. The second-order valence-corrected chi connectivity index (χ2v) is 5.86. The average molecular weight is 343 g/mol. The van der Waals surface area contributed by atoms with E-state index in [1.807, 2.05) is 39.1 Å². The molecule has 1 aromatic carbocycles. The maximum Gasteiger partial charge on any atom is 0.228 e. The van der Waals surface area contributed by atoms with Gasteiger partial charge in [0, 0.05) is 31.0 Å². The SMILES string of the molecule is CNCC(C)C(=O)Nc1ccc(OC2CCOCC2)c(C)c1.Cl. The van der Waals surface area contributed by atoms with E-state index < -0.39 is 0 Å². The van der Waals surface area contributed by atoms with Gasteiger partial charge in [-0.05, 0) is 37.7 Å². The molecule has 0 aromatic heterocycles. The van der Waals surface area contributed by atoms with Crippen LogP contribution in [0.2, 0.25) is 0 Å². The van der Waals surface area contributed by atoms with E-state index >= 15 is 0 Å². The van der Waals surface area contributed by atoms with Crippen molar-refractivity contribution in [2.45, 2.75) is 32.8 Å². The van der Waals surface area contributed by atoms with Crippen molar-refractivity contribution in [3.05, 3.63) is 23.8 Å². The van der Waals surface area contributed by atoms with Crippen molar-refractivity contribution in [3.8, 4) is 5.75 Å². The number of halogens is 1. The minimum atomic E-state index is -0.0662. The van der Waals surface area contributed by atoms with Crippen molar-refractivity contribution < 1.29 is 14.3 Å². The minimum absolute atomic E-state index is 0. The Morgan fingerprint density at radius 1 is 1.39 bits per heavy atom. The van der Waals surface area contributed by atoms with Crippen molar-refractivity contribution in [1.82, 2.24) is 5.32 Å². The molecule has 1 atom stereocenters. The Balaban J connectivity index is 0.00000264. The molecular formula is C17H27ClN2O3. The van der Waals surface area contributed by atoms with E-state index in [0.29, 0.717) is 6.54 Å². The zero-order valence-corrected chi connectivity index (χ0v) is 14.9. The highest BCUT2D eigenvalue weighted by Gasteiger charge is 2.17. The van der Waals surface area contributed by atoms with E-state index in [4.69, 9.17) is 9.47 Å². The van der Waals surface area contributed by atoms with Crippen LogP contribution in [0.5, 0.6) is 5.75 Å². The first-order valence-corrected chi connectivity index (χ1v) is 7.90. The number of nitrogens with one attached hydrogen (secondary N) is 2. The number of ether oxygens (including phenoxy) is 2. The van der Waals surface area contributed by atoms with Gasteiger partial charge in [0.05, 0.1) is 13.2 Å². The van der Waals surface area contributed by atoms with Crippen molar-refractivity contribution in [3.63, 3.8) is 0 Å². The standard InChI is InChI=1S/C17H26N2O3.ClH/c1-12-10-14(19-17(20)13(2)11-18-3)4-5-16(12)22-15-6-8-21-9-7-15;/h4-5,10,13,15,18H,6-9,11H2,1-3H3,(H,19,20);1H. The van der Waals surface area contributed by atoms with E-state index in [1.165, 1.54) is 0 Å². The lowest BCUT2D eigenvalue weighted by atomic mass is 10.1. The molecule has 0 aliphatic carbocycles. The first-order chi connectivity index (χ1) is 10.6. The Hall–Kier alpha value is -1.30. The molecule has 1 unspecified atom stereocenters. The normalized spacial score (nSPS) is 16.3. The van der Waals surface area contributed by atoms with Gasteiger partial charge in [-0.15, -0.1) is 12.4 Å². The number of rotatable bonds is 6. The van der Waals surface area contributed by atoms with E-state index in [9.17, 15) is 4.79 Å². The van der Waals surface area contributed by atoms with E-state index in [0.717, 1.165) is 43.1 Å². The van der Waals surface area contributed by atoms with Crippen molar-refractivity contribution in [2.24, 2.45) is 5.92 Å². The van der Waals surface area contributed by atoms with Crippen LogP contribution < -0.4 is 15.4 Å². The first-order valence-electron chi connectivity index (χ1n) is 7.90. The number of hydrogen-bond acceptors (Lipinski definition) is 4. The second-order valence-electron chi connectivity index (χ2n) is 5.86. The number of amides is 1. The smallest absolute Gasteiger partial charge is 0.228 e. The van der Waals surface area contributed by atoms with Crippen molar-refractivity contribution in [2.75, 3.05) is 32.1 Å². The minimum Gasteiger partial charge on any atom is -0.490 e. The summed E-state index contributed by atoms with van der Waals surface area (Å²) in [5.74, 6) is 0.837. The fraction of sp³-hybridized carbons (Fsp3) is 0.588. The summed E-state index contributed by atoms with van der Waals surface area (Å²) in [7, 11) is 1.84. The summed E-state index contributed by atoms with van der Waals surface area (Å²) in [5.41, 5.74) is 1.84. The second kappa shape index (κ2) is 9.75. The number of aryl methyl sites for hydroxylation is 1. The molecule has 130 valence electrons. The fourth-order valence-corrected chi connectivity index (χ4v) is 2.50. The van der Waals surface area contributed by atoms with Crippen LogP contribution >= 0.6 is 12.4 Å². The lowest BCUT2D eigenvalue weighted by Gasteiger charge is -2.24. The number of hydrogen-bond donors (Lipinski definition) is 2. The molecule has 1 fully saturated rings. The third-order valence-electron chi connectivity index (χ3n) is 3.86. The molecule has 1 saturated heterocycles. The van der Waals surface area contributed by atoms with Gasteiger partial charge in [0.2, 0.25) is 5.91 Å². The van der Waals surface area contributed by atoms with Crippen molar-refractivity contribution in [1.29, 1.82) is 0 Å². The predicted molar refractivity (Wildman–Crippen MR) is 94.6 cm³/mol. The summed E-state index contributed by atoms with van der Waals surface area (Å²) in [6.07, 6.45) is 2.09. The maximum atomic E-state index is 12.0. The zero-order valence-electron chi connectivity index (χ0n) is 14.1. The molecule has 1 aliphatic rings. The molecule has 0 spiro atoms. The molecule has 0 radical (unpaired) electrons. The largest absolute Gasteiger partial charge is 0.490 e. The van der Waals surface area contributed by atoms with Gasteiger partial charge in [0.25, 0.3) is 0 Å². The van der Waals surface area contributed by atoms with Crippen LogP contribution in [0.25, 0.3) is 0 Å². The number of carbonyl (C=O) groups is 1. The third kappa shape index (κ3) is 6.01. The van der Waals surface area contributed by atoms with Gasteiger partial charge >= 0.3 is 0 Å². The lowest BCUT2D eigenvalue weighted by Crippen LogP contribution is -2.28. The van der Waals surface area contributed by atoms with E-state index in [-0.39, 0.29) is 30.3 Å². The Bertz CT molecular complexity index is 505. The molecule has 23 heavy (non-hydrogen) atoms. The zero-order chi connectivity index (χ0) is 15.9. The van der Waals surface area contributed by atoms with Crippen LogP contribution in [-0.4, -0.2) is 38.8 Å². The number of carbonyl (C=O) groups excluding carboxylic acids is 1. The van der Waals surface area contributed by atoms with E-state index in [2.05, 4.69) is 10.6 Å². The topological polar surface area (TPSA) is 59.6 Å². The van der Waals surface area contributed by atoms with Crippen LogP contribution in [0.4, 0.5) is 5.69 Å². The highest BCUT2D eigenvalue weighted by Crippen LogP contribution is 2.25. The molecular weight excluding hydrogens is 316 g/mol. The number of benzene rings is 1. The molecule has 0 saturated carbocycles. The summed E-state index contributed by atoms with van der Waals surface area (Å²) >= 11 is 0. The highest BCUT2D eigenvalue weighted by atomic mass is 35.5. The van der Waals surface area contributed by atoms with Gasteiger partial charge in [-0.3, -0.25) is 4.79 Å². The molecule has 1 amide bonds. The molecule has 6 heteroatoms. The molecule has 1 aromatic rings. The van der Waals surface area contributed by atoms with Gasteiger partial charge in [-0.1, -0.05) is 6.92 Å². The van der Waals surface area contributed by atoms with Crippen molar-refractivity contribution >= 4 is 24.0 Å². The van der Waals surface area contributed by atoms with Gasteiger partial charge in [0.1, 0.15) is 11.9 Å².